The molecule has 0 bridgehead atoms. The molecule has 0 radical (unpaired) electrons. The molecule has 1 amide bonds. The summed E-state index contributed by atoms with van der Waals surface area (Å²) in [4.78, 5) is 22.3. The van der Waals surface area contributed by atoms with Gasteiger partial charge in [-0.2, -0.15) is 9.37 Å². The SMILES string of the molecule is CCc1ncnc(O[C@@H]2CCN(C(=O)c3ccc(-n4cccc4)cc3)C2)c1F. The van der Waals surface area contributed by atoms with Crippen molar-refractivity contribution >= 4 is 5.91 Å². The molecular formula is C21H21FN4O2. The van der Waals surface area contributed by atoms with Crippen molar-refractivity contribution in [2.75, 3.05) is 13.1 Å². The molecule has 1 aromatic carbocycles. The van der Waals surface area contributed by atoms with E-state index in [9.17, 15) is 9.18 Å². The first-order valence-corrected chi connectivity index (χ1v) is 9.34. The molecule has 3 aromatic rings. The van der Waals surface area contributed by atoms with E-state index in [1.165, 1.54) is 6.33 Å². The molecule has 1 saturated heterocycles. The van der Waals surface area contributed by atoms with E-state index in [0.717, 1.165) is 5.69 Å². The Balaban J connectivity index is 1.40. The molecule has 6 nitrogen and oxygen atoms in total. The smallest absolute Gasteiger partial charge is 0.254 e. The van der Waals surface area contributed by atoms with Gasteiger partial charge in [0.2, 0.25) is 5.82 Å². The average molecular weight is 380 g/mol. The second-order valence-electron chi connectivity index (χ2n) is 6.71. The number of likely N-dealkylation sites (tertiary alicyclic amines) is 1. The van der Waals surface area contributed by atoms with Crippen LogP contribution >= 0.6 is 0 Å². The van der Waals surface area contributed by atoms with E-state index in [1.807, 2.05) is 60.3 Å². The summed E-state index contributed by atoms with van der Waals surface area (Å²) in [5.74, 6) is -0.611. The number of hydrogen-bond acceptors (Lipinski definition) is 4. The van der Waals surface area contributed by atoms with Gasteiger partial charge in [-0.1, -0.05) is 6.92 Å². The zero-order valence-electron chi connectivity index (χ0n) is 15.6. The second-order valence-corrected chi connectivity index (χ2v) is 6.71. The van der Waals surface area contributed by atoms with Crippen molar-refractivity contribution in [1.82, 2.24) is 19.4 Å². The fourth-order valence-electron chi connectivity index (χ4n) is 3.35. The highest BCUT2D eigenvalue weighted by atomic mass is 19.1. The van der Waals surface area contributed by atoms with E-state index < -0.39 is 5.82 Å². The lowest BCUT2D eigenvalue weighted by atomic mass is 10.2. The number of rotatable bonds is 5. The maximum Gasteiger partial charge on any atom is 0.254 e. The van der Waals surface area contributed by atoms with Crippen LogP contribution in [0.15, 0.2) is 55.1 Å². The number of carbonyl (C=O) groups excluding carboxylic acids is 1. The van der Waals surface area contributed by atoms with E-state index in [2.05, 4.69) is 9.97 Å². The summed E-state index contributed by atoms with van der Waals surface area (Å²) in [6, 6.07) is 11.4. The van der Waals surface area contributed by atoms with Crippen LogP contribution in [-0.2, 0) is 6.42 Å². The standard InChI is InChI=1S/C21H21FN4O2/c1-2-18-19(22)20(24-14-23-18)28-17-9-12-26(13-17)21(27)15-5-7-16(8-6-15)25-10-3-4-11-25/h3-8,10-11,14,17H,2,9,12-13H2,1H3/t17-/m1/s1. The monoisotopic (exact) mass is 380 g/mol. The lowest BCUT2D eigenvalue weighted by Crippen LogP contribution is -2.31. The Hall–Kier alpha value is -3.22. The molecule has 0 N–H and O–H groups in total. The third kappa shape index (κ3) is 3.60. The first-order chi connectivity index (χ1) is 13.7. The van der Waals surface area contributed by atoms with Gasteiger partial charge >= 0.3 is 0 Å². The van der Waals surface area contributed by atoms with Gasteiger partial charge in [0, 0.05) is 36.6 Å². The highest BCUT2D eigenvalue weighted by Gasteiger charge is 2.29. The van der Waals surface area contributed by atoms with E-state index in [4.69, 9.17) is 4.74 Å². The number of hydrogen-bond donors (Lipinski definition) is 0. The van der Waals surface area contributed by atoms with Crippen molar-refractivity contribution < 1.29 is 13.9 Å². The molecule has 3 heterocycles. The van der Waals surface area contributed by atoms with Crippen molar-refractivity contribution in [3.05, 3.63) is 72.2 Å². The van der Waals surface area contributed by atoms with Gasteiger partial charge in [0.1, 0.15) is 12.4 Å². The summed E-state index contributed by atoms with van der Waals surface area (Å²) < 4.78 is 22.0. The topological polar surface area (TPSA) is 60.3 Å². The minimum Gasteiger partial charge on any atom is -0.470 e. The molecule has 1 aliphatic heterocycles. The molecule has 4 rings (SSSR count). The van der Waals surface area contributed by atoms with Gasteiger partial charge in [0.05, 0.1) is 12.2 Å². The van der Waals surface area contributed by atoms with E-state index in [1.54, 1.807) is 4.90 Å². The summed E-state index contributed by atoms with van der Waals surface area (Å²) in [5, 5.41) is 0. The molecule has 7 heteroatoms. The van der Waals surface area contributed by atoms with Crippen molar-refractivity contribution in [2.24, 2.45) is 0 Å². The van der Waals surface area contributed by atoms with Crippen LogP contribution in [-0.4, -0.2) is 44.5 Å². The Morgan fingerprint density at radius 2 is 1.96 bits per heavy atom. The molecule has 1 atom stereocenters. The maximum absolute atomic E-state index is 14.3. The molecule has 0 aliphatic carbocycles. The summed E-state index contributed by atoms with van der Waals surface area (Å²) in [5.41, 5.74) is 1.95. The number of aryl methyl sites for hydroxylation is 1. The Bertz CT molecular complexity index is 957. The number of amides is 1. The predicted molar refractivity (Wildman–Crippen MR) is 102 cm³/mol. The summed E-state index contributed by atoms with van der Waals surface area (Å²) in [6.45, 7) is 2.80. The quantitative estimate of drug-likeness (QED) is 0.682. The van der Waals surface area contributed by atoms with Crippen LogP contribution in [0.3, 0.4) is 0 Å². The molecule has 0 unspecified atom stereocenters. The highest BCUT2D eigenvalue weighted by Crippen LogP contribution is 2.22. The van der Waals surface area contributed by atoms with Crippen molar-refractivity contribution in [3.63, 3.8) is 0 Å². The van der Waals surface area contributed by atoms with Gasteiger partial charge < -0.3 is 14.2 Å². The molecule has 144 valence electrons. The lowest BCUT2D eigenvalue weighted by Gasteiger charge is -2.17. The third-order valence-corrected chi connectivity index (χ3v) is 4.89. The minimum absolute atomic E-state index is 0.0396. The van der Waals surface area contributed by atoms with Crippen LogP contribution in [0.2, 0.25) is 0 Å². The van der Waals surface area contributed by atoms with Gasteiger partial charge in [0.15, 0.2) is 0 Å². The number of ether oxygens (including phenoxy) is 1. The molecule has 0 saturated carbocycles. The van der Waals surface area contributed by atoms with Gasteiger partial charge in [0.25, 0.3) is 11.8 Å². The van der Waals surface area contributed by atoms with Crippen LogP contribution in [0.25, 0.3) is 5.69 Å². The first-order valence-electron chi connectivity index (χ1n) is 9.34. The van der Waals surface area contributed by atoms with Crippen molar-refractivity contribution in [2.45, 2.75) is 25.9 Å². The Kier molecular flexibility index (Phi) is 5.06. The van der Waals surface area contributed by atoms with E-state index >= 15 is 0 Å². The van der Waals surface area contributed by atoms with E-state index in [0.29, 0.717) is 37.2 Å². The Labute approximate surface area is 162 Å². The molecule has 0 spiro atoms. The molecule has 2 aromatic heterocycles. The Morgan fingerprint density at radius 3 is 2.68 bits per heavy atom. The third-order valence-electron chi connectivity index (χ3n) is 4.89. The molecular weight excluding hydrogens is 359 g/mol. The molecule has 28 heavy (non-hydrogen) atoms. The predicted octanol–water partition coefficient (Wildman–Crippen LogP) is 3.26. The first kappa shape index (κ1) is 18.2. The van der Waals surface area contributed by atoms with E-state index in [-0.39, 0.29) is 17.9 Å². The van der Waals surface area contributed by atoms with Crippen LogP contribution < -0.4 is 4.74 Å². The van der Waals surface area contributed by atoms with Gasteiger partial charge in [-0.25, -0.2) is 4.98 Å². The lowest BCUT2D eigenvalue weighted by molar-refractivity contribution is 0.0770. The average Bonchev–Trinajstić information content (AvgIpc) is 3.41. The zero-order valence-corrected chi connectivity index (χ0v) is 15.6. The van der Waals surface area contributed by atoms with Gasteiger partial charge in [-0.3, -0.25) is 4.79 Å². The van der Waals surface area contributed by atoms with Crippen molar-refractivity contribution in [1.29, 1.82) is 0 Å². The summed E-state index contributed by atoms with van der Waals surface area (Å²) >= 11 is 0. The van der Waals surface area contributed by atoms with Crippen LogP contribution in [0.1, 0.15) is 29.4 Å². The summed E-state index contributed by atoms with van der Waals surface area (Å²) in [6.07, 6.45) is 6.04. The van der Waals surface area contributed by atoms with Gasteiger partial charge in [-0.15, -0.1) is 0 Å². The largest absolute Gasteiger partial charge is 0.470 e. The molecule has 1 aliphatic rings. The Morgan fingerprint density at radius 1 is 1.21 bits per heavy atom. The van der Waals surface area contributed by atoms with Crippen LogP contribution in [0, 0.1) is 5.82 Å². The second kappa shape index (κ2) is 7.80. The van der Waals surface area contributed by atoms with Crippen molar-refractivity contribution in [3.8, 4) is 11.6 Å². The van der Waals surface area contributed by atoms with Crippen LogP contribution in [0.4, 0.5) is 4.39 Å². The number of halogens is 1. The number of benzene rings is 1. The highest BCUT2D eigenvalue weighted by molar-refractivity contribution is 5.94. The number of carbonyl (C=O) groups is 1. The zero-order chi connectivity index (χ0) is 19.5. The fourth-order valence-corrected chi connectivity index (χ4v) is 3.35. The fraction of sp³-hybridized carbons (Fsp3) is 0.286. The molecule has 1 fully saturated rings. The number of aromatic nitrogens is 3. The van der Waals surface area contributed by atoms with Gasteiger partial charge in [-0.05, 0) is 42.8 Å². The summed E-state index contributed by atoms with van der Waals surface area (Å²) in [7, 11) is 0. The normalized spacial score (nSPS) is 16.4. The minimum atomic E-state index is -0.518. The number of nitrogens with zero attached hydrogens (tertiary/aromatic N) is 4. The van der Waals surface area contributed by atoms with Crippen LogP contribution in [0.5, 0.6) is 5.88 Å². The maximum atomic E-state index is 14.3.